The van der Waals surface area contributed by atoms with Crippen molar-refractivity contribution in [1.29, 1.82) is 0 Å². The molecule has 0 bridgehead atoms. The van der Waals surface area contributed by atoms with Crippen LogP contribution in [0, 0.1) is 11.3 Å². The van der Waals surface area contributed by atoms with Crippen LogP contribution >= 0.6 is 0 Å². The SMILES string of the molecule is COc1ccc(/C(=N/O)C(C)(C)C(C)C)cc1. The lowest BCUT2D eigenvalue weighted by atomic mass is 9.74. The summed E-state index contributed by atoms with van der Waals surface area (Å²) in [4.78, 5) is 0. The molecular formula is C14H21NO2. The van der Waals surface area contributed by atoms with Crippen LogP contribution in [0.15, 0.2) is 29.4 Å². The summed E-state index contributed by atoms with van der Waals surface area (Å²) in [5.74, 6) is 1.18. The number of oxime groups is 1. The summed E-state index contributed by atoms with van der Waals surface area (Å²) >= 11 is 0. The largest absolute Gasteiger partial charge is 0.497 e. The summed E-state index contributed by atoms with van der Waals surface area (Å²) in [5.41, 5.74) is 1.45. The third kappa shape index (κ3) is 2.78. The van der Waals surface area contributed by atoms with Crippen molar-refractivity contribution in [2.75, 3.05) is 7.11 Å². The van der Waals surface area contributed by atoms with Crippen molar-refractivity contribution in [1.82, 2.24) is 0 Å². The van der Waals surface area contributed by atoms with Crippen LogP contribution in [0.25, 0.3) is 0 Å². The van der Waals surface area contributed by atoms with Gasteiger partial charge in [0, 0.05) is 11.0 Å². The van der Waals surface area contributed by atoms with Gasteiger partial charge in [0.15, 0.2) is 0 Å². The Bertz CT molecular complexity index is 391. The number of benzene rings is 1. The Hall–Kier alpha value is -1.51. The van der Waals surface area contributed by atoms with Crippen molar-refractivity contribution >= 4 is 5.71 Å². The van der Waals surface area contributed by atoms with Gasteiger partial charge < -0.3 is 9.94 Å². The zero-order valence-corrected chi connectivity index (χ0v) is 11.2. The zero-order chi connectivity index (χ0) is 13.1. The van der Waals surface area contributed by atoms with E-state index in [1.165, 1.54) is 0 Å². The van der Waals surface area contributed by atoms with Gasteiger partial charge in [0.1, 0.15) is 5.75 Å². The number of nitrogens with zero attached hydrogens (tertiary/aromatic N) is 1. The van der Waals surface area contributed by atoms with Crippen molar-refractivity contribution in [2.45, 2.75) is 27.7 Å². The Morgan fingerprint density at radius 3 is 2.12 bits per heavy atom. The van der Waals surface area contributed by atoms with Crippen molar-refractivity contribution < 1.29 is 9.94 Å². The minimum absolute atomic E-state index is 0.177. The lowest BCUT2D eigenvalue weighted by Crippen LogP contribution is -2.30. The van der Waals surface area contributed by atoms with Crippen molar-refractivity contribution in [3.63, 3.8) is 0 Å². The molecule has 0 unspecified atom stereocenters. The van der Waals surface area contributed by atoms with E-state index in [-0.39, 0.29) is 5.41 Å². The van der Waals surface area contributed by atoms with E-state index in [0.29, 0.717) is 11.6 Å². The van der Waals surface area contributed by atoms with Gasteiger partial charge in [-0.15, -0.1) is 0 Å². The fourth-order valence-electron chi connectivity index (χ4n) is 1.58. The average molecular weight is 235 g/mol. The highest BCUT2D eigenvalue weighted by atomic mass is 16.5. The molecular weight excluding hydrogens is 214 g/mol. The van der Waals surface area contributed by atoms with Gasteiger partial charge in [0.2, 0.25) is 0 Å². The molecule has 1 aromatic rings. The van der Waals surface area contributed by atoms with Gasteiger partial charge in [-0.1, -0.05) is 32.9 Å². The van der Waals surface area contributed by atoms with E-state index in [1.54, 1.807) is 7.11 Å². The molecule has 94 valence electrons. The number of hydrogen-bond donors (Lipinski definition) is 1. The van der Waals surface area contributed by atoms with Crippen LogP contribution < -0.4 is 4.74 Å². The molecule has 17 heavy (non-hydrogen) atoms. The highest BCUT2D eigenvalue weighted by Crippen LogP contribution is 2.31. The highest BCUT2D eigenvalue weighted by molar-refractivity contribution is 6.04. The van der Waals surface area contributed by atoms with Crippen LogP contribution in [0.4, 0.5) is 0 Å². The Morgan fingerprint density at radius 2 is 1.76 bits per heavy atom. The van der Waals surface area contributed by atoms with Crippen LogP contribution in [0.3, 0.4) is 0 Å². The van der Waals surface area contributed by atoms with Gasteiger partial charge in [0.05, 0.1) is 12.8 Å². The quantitative estimate of drug-likeness (QED) is 0.492. The first kappa shape index (κ1) is 13.6. The standard InChI is InChI=1S/C14H21NO2/c1-10(2)14(3,4)13(15-16)11-6-8-12(17-5)9-7-11/h6-10,16H,1-5H3/b15-13-. The Balaban J connectivity index is 3.11. The maximum atomic E-state index is 9.25. The second-order valence-electron chi connectivity index (χ2n) is 5.05. The smallest absolute Gasteiger partial charge is 0.118 e. The van der Waals surface area contributed by atoms with E-state index in [9.17, 15) is 5.21 Å². The summed E-state index contributed by atoms with van der Waals surface area (Å²) in [6.45, 7) is 8.40. The molecule has 0 saturated carbocycles. The minimum Gasteiger partial charge on any atom is -0.497 e. The van der Waals surface area contributed by atoms with Gasteiger partial charge in [-0.05, 0) is 30.2 Å². The second-order valence-corrected chi connectivity index (χ2v) is 5.05. The molecule has 0 heterocycles. The molecule has 3 heteroatoms. The summed E-state index contributed by atoms with van der Waals surface area (Å²) in [5, 5.41) is 12.7. The third-order valence-electron chi connectivity index (χ3n) is 3.52. The molecule has 0 aromatic heterocycles. The molecule has 3 nitrogen and oxygen atoms in total. The maximum Gasteiger partial charge on any atom is 0.118 e. The first-order chi connectivity index (χ1) is 7.93. The summed E-state index contributed by atoms with van der Waals surface area (Å²) in [6, 6.07) is 7.57. The molecule has 0 amide bonds. The Kier molecular flexibility index (Phi) is 4.16. The number of rotatable bonds is 4. The Labute approximate surface area is 103 Å². The number of ether oxygens (including phenoxy) is 1. The molecule has 1 aromatic carbocycles. The topological polar surface area (TPSA) is 41.8 Å². The molecule has 0 spiro atoms. The lowest BCUT2D eigenvalue weighted by Gasteiger charge is -2.30. The van der Waals surface area contributed by atoms with Gasteiger partial charge in [-0.3, -0.25) is 0 Å². The predicted molar refractivity (Wildman–Crippen MR) is 69.9 cm³/mol. The zero-order valence-electron chi connectivity index (χ0n) is 11.2. The van der Waals surface area contributed by atoms with Crippen molar-refractivity contribution in [2.24, 2.45) is 16.5 Å². The van der Waals surface area contributed by atoms with Gasteiger partial charge in [0.25, 0.3) is 0 Å². The molecule has 1 N–H and O–H groups in total. The van der Waals surface area contributed by atoms with E-state index >= 15 is 0 Å². The van der Waals surface area contributed by atoms with Crippen LogP contribution in [0.1, 0.15) is 33.3 Å². The number of methoxy groups -OCH3 is 1. The summed E-state index contributed by atoms with van der Waals surface area (Å²) in [7, 11) is 1.63. The summed E-state index contributed by atoms with van der Waals surface area (Å²) in [6.07, 6.45) is 0. The third-order valence-corrected chi connectivity index (χ3v) is 3.52. The monoisotopic (exact) mass is 235 g/mol. The Morgan fingerprint density at radius 1 is 1.24 bits per heavy atom. The summed E-state index contributed by atoms with van der Waals surface area (Å²) < 4.78 is 5.11. The maximum absolute atomic E-state index is 9.25. The van der Waals surface area contributed by atoms with E-state index in [1.807, 2.05) is 24.3 Å². The fraction of sp³-hybridized carbons (Fsp3) is 0.500. The van der Waals surface area contributed by atoms with Crippen LogP contribution in [-0.4, -0.2) is 18.0 Å². The molecule has 0 aliphatic rings. The van der Waals surface area contributed by atoms with Crippen LogP contribution in [-0.2, 0) is 0 Å². The highest BCUT2D eigenvalue weighted by Gasteiger charge is 2.30. The normalized spacial score (nSPS) is 12.9. The first-order valence-electron chi connectivity index (χ1n) is 5.80. The number of hydrogen-bond acceptors (Lipinski definition) is 3. The molecule has 0 atom stereocenters. The lowest BCUT2D eigenvalue weighted by molar-refractivity contribution is 0.294. The van der Waals surface area contributed by atoms with Crippen LogP contribution in [0.2, 0.25) is 0 Å². The average Bonchev–Trinajstić information content (AvgIpc) is 2.30. The molecule has 0 fully saturated rings. The van der Waals surface area contributed by atoms with Gasteiger partial charge in [-0.25, -0.2) is 0 Å². The molecule has 0 aliphatic heterocycles. The first-order valence-corrected chi connectivity index (χ1v) is 5.80. The van der Waals surface area contributed by atoms with E-state index in [2.05, 4.69) is 32.9 Å². The van der Waals surface area contributed by atoms with Crippen molar-refractivity contribution in [3.05, 3.63) is 29.8 Å². The van der Waals surface area contributed by atoms with Crippen LogP contribution in [0.5, 0.6) is 5.75 Å². The minimum atomic E-state index is -0.177. The van der Waals surface area contributed by atoms with E-state index < -0.39 is 0 Å². The van der Waals surface area contributed by atoms with Gasteiger partial charge in [-0.2, -0.15) is 0 Å². The molecule has 0 saturated heterocycles. The molecule has 0 radical (unpaired) electrons. The van der Waals surface area contributed by atoms with E-state index in [0.717, 1.165) is 11.3 Å². The van der Waals surface area contributed by atoms with Gasteiger partial charge >= 0.3 is 0 Å². The second kappa shape index (κ2) is 5.21. The van der Waals surface area contributed by atoms with E-state index in [4.69, 9.17) is 4.74 Å². The molecule has 0 aliphatic carbocycles. The van der Waals surface area contributed by atoms with Crippen molar-refractivity contribution in [3.8, 4) is 5.75 Å². The fourth-order valence-corrected chi connectivity index (χ4v) is 1.58. The molecule has 1 rings (SSSR count). The predicted octanol–water partition coefficient (Wildman–Crippen LogP) is 3.56.